The molecule has 0 saturated heterocycles. The van der Waals surface area contributed by atoms with Gasteiger partial charge in [-0.05, 0) is 30.7 Å². The average molecular weight is 276 g/mol. The van der Waals surface area contributed by atoms with E-state index in [1.807, 2.05) is 18.5 Å². The topological polar surface area (TPSA) is 59.8 Å². The molecule has 1 N–H and O–H groups in total. The van der Waals surface area contributed by atoms with Crippen LogP contribution in [0.3, 0.4) is 0 Å². The van der Waals surface area contributed by atoms with Crippen molar-refractivity contribution in [1.82, 2.24) is 20.1 Å². The Labute approximate surface area is 116 Å². The van der Waals surface area contributed by atoms with Gasteiger partial charge in [-0.2, -0.15) is 0 Å². The molecule has 1 atom stereocenters. The summed E-state index contributed by atoms with van der Waals surface area (Å²) in [5, 5.41) is 10.6. The minimum absolute atomic E-state index is 0.0288. The summed E-state index contributed by atoms with van der Waals surface area (Å²) in [5.41, 5.74) is 1.05. The number of carbonyl (C=O) groups is 1. The number of benzene rings is 1. The van der Waals surface area contributed by atoms with E-state index in [4.69, 9.17) is 0 Å². The molecule has 1 heterocycles. The monoisotopic (exact) mass is 276 g/mol. The summed E-state index contributed by atoms with van der Waals surface area (Å²) in [6.07, 6.45) is 1.61. The van der Waals surface area contributed by atoms with Crippen LogP contribution in [0.1, 0.15) is 34.6 Å². The van der Waals surface area contributed by atoms with Crippen LogP contribution in [0.15, 0.2) is 24.5 Å². The van der Waals surface area contributed by atoms with Crippen molar-refractivity contribution >= 4 is 5.91 Å². The molecule has 1 aromatic heterocycles. The van der Waals surface area contributed by atoms with Crippen LogP contribution in [-0.2, 0) is 7.05 Å². The van der Waals surface area contributed by atoms with Crippen LogP contribution in [0, 0.1) is 12.7 Å². The summed E-state index contributed by atoms with van der Waals surface area (Å²) >= 11 is 0. The zero-order chi connectivity index (χ0) is 14.7. The summed E-state index contributed by atoms with van der Waals surface area (Å²) in [6.45, 7) is 4.12. The molecule has 2 rings (SSSR count). The highest BCUT2D eigenvalue weighted by Crippen LogP contribution is 2.11. The highest BCUT2D eigenvalue weighted by Gasteiger charge is 2.14. The molecule has 1 unspecified atom stereocenters. The van der Waals surface area contributed by atoms with Gasteiger partial charge >= 0.3 is 0 Å². The molecule has 0 saturated carbocycles. The Kier molecular flexibility index (Phi) is 4.12. The van der Waals surface area contributed by atoms with Crippen molar-refractivity contribution in [3.05, 3.63) is 47.3 Å². The van der Waals surface area contributed by atoms with E-state index in [2.05, 4.69) is 15.5 Å². The van der Waals surface area contributed by atoms with Gasteiger partial charge in [-0.15, -0.1) is 10.2 Å². The lowest BCUT2D eigenvalue weighted by atomic mass is 10.1. The maximum absolute atomic E-state index is 13.3. The second-order valence-corrected chi connectivity index (χ2v) is 4.93. The Balaban J connectivity index is 2.00. The second kappa shape index (κ2) is 5.81. The predicted octanol–water partition coefficient (Wildman–Crippen LogP) is 1.80. The summed E-state index contributed by atoms with van der Waals surface area (Å²) < 4.78 is 15.1. The first-order valence-corrected chi connectivity index (χ1v) is 6.36. The predicted molar refractivity (Wildman–Crippen MR) is 72.9 cm³/mol. The third-order valence-corrected chi connectivity index (χ3v) is 3.06. The maximum atomic E-state index is 13.3. The quantitative estimate of drug-likeness (QED) is 0.926. The number of carbonyl (C=O) groups excluding carboxylic acids is 1. The van der Waals surface area contributed by atoms with Gasteiger partial charge in [0, 0.05) is 25.1 Å². The molecule has 6 heteroatoms. The largest absolute Gasteiger partial charge is 0.351 e. The lowest BCUT2D eigenvalue weighted by Crippen LogP contribution is -2.28. The minimum atomic E-state index is -0.406. The molecule has 0 fully saturated rings. The van der Waals surface area contributed by atoms with E-state index >= 15 is 0 Å². The van der Waals surface area contributed by atoms with Crippen LogP contribution in [0.5, 0.6) is 0 Å². The van der Waals surface area contributed by atoms with Gasteiger partial charge in [0.2, 0.25) is 0 Å². The SMILES string of the molecule is Cc1cc(F)cc(C(=O)NCC(C)c2nncn2C)c1. The van der Waals surface area contributed by atoms with E-state index in [-0.39, 0.29) is 11.8 Å². The van der Waals surface area contributed by atoms with Crippen LogP contribution in [0.25, 0.3) is 0 Å². The summed E-state index contributed by atoms with van der Waals surface area (Å²) in [5.74, 6) is 0.125. The van der Waals surface area contributed by atoms with Gasteiger partial charge < -0.3 is 9.88 Å². The van der Waals surface area contributed by atoms with Gasteiger partial charge in [-0.1, -0.05) is 6.92 Å². The lowest BCUT2D eigenvalue weighted by Gasteiger charge is -2.12. The van der Waals surface area contributed by atoms with Crippen molar-refractivity contribution in [2.24, 2.45) is 7.05 Å². The summed E-state index contributed by atoms with van der Waals surface area (Å²) in [6, 6.07) is 4.28. The van der Waals surface area contributed by atoms with Crippen molar-refractivity contribution in [3.63, 3.8) is 0 Å². The first-order valence-electron chi connectivity index (χ1n) is 6.36. The fraction of sp³-hybridized carbons (Fsp3) is 0.357. The normalized spacial score (nSPS) is 12.2. The number of aryl methyl sites for hydroxylation is 2. The van der Waals surface area contributed by atoms with E-state index in [1.165, 1.54) is 12.1 Å². The van der Waals surface area contributed by atoms with Gasteiger partial charge in [0.15, 0.2) is 0 Å². The number of nitrogens with one attached hydrogen (secondary N) is 1. The van der Waals surface area contributed by atoms with Crippen LogP contribution < -0.4 is 5.32 Å². The smallest absolute Gasteiger partial charge is 0.251 e. The minimum Gasteiger partial charge on any atom is -0.351 e. The van der Waals surface area contributed by atoms with E-state index in [0.717, 1.165) is 11.4 Å². The van der Waals surface area contributed by atoms with E-state index in [1.54, 1.807) is 19.3 Å². The van der Waals surface area contributed by atoms with Gasteiger partial charge in [-0.3, -0.25) is 4.79 Å². The van der Waals surface area contributed by atoms with Crippen LogP contribution in [0.4, 0.5) is 4.39 Å². The zero-order valence-electron chi connectivity index (χ0n) is 11.7. The zero-order valence-corrected chi connectivity index (χ0v) is 11.7. The molecule has 0 bridgehead atoms. The molecule has 1 aromatic carbocycles. The number of amides is 1. The third-order valence-electron chi connectivity index (χ3n) is 3.06. The molecule has 0 radical (unpaired) electrons. The van der Waals surface area contributed by atoms with E-state index in [9.17, 15) is 9.18 Å². The number of aromatic nitrogens is 3. The summed E-state index contributed by atoms with van der Waals surface area (Å²) in [4.78, 5) is 12.0. The molecule has 0 aliphatic heterocycles. The van der Waals surface area contributed by atoms with Crippen molar-refractivity contribution in [3.8, 4) is 0 Å². The lowest BCUT2D eigenvalue weighted by molar-refractivity contribution is 0.0950. The van der Waals surface area contributed by atoms with Crippen LogP contribution in [0.2, 0.25) is 0 Å². The molecular weight excluding hydrogens is 259 g/mol. The Morgan fingerprint density at radius 1 is 1.45 bits per heavy atom. The Morgan fingerprint density at radius 3 is 2.80 bits per heavy atom. The van der Waals surface area contributed by atoms with Gasteiger partial charge in [0.1, 0.15) is 18.0 Å². The van der Waals surface area contributed by atoms with E-state index in [0.29, 0.717) is 12.1 Å². The standard InChI is InChI=1S/C14H17FN4O/c1-9-4-11(6-12(15)5-9)14(20)16-7-10(2)13-18-17-8-19(13)3/h4-6,8,10H,7H2,1-3H3,(H,16,20). The molecule has 1 amide bonds. The molecule has 106 valence electrons. The number of hydrogen-bond acceptors (Lipinski definition) is 3. The first kappa shape index (κ1) is 14.2. The molecule has 20 heavy (non-hydrogen) atoms. The number of hydrogen-bond donors (Lipinski definition) is 1. The fourth-order valence-corrected chi connectivity index (χ4v) is 2.04. The van der Waals surface area contributed by atoms with E-state index < -0.39 is 5.82 Å². The number of halogens is 1. The molecule has 5 nitrogen and oxygen atoms in total. The molecule has 0 aliphatic rings. The Morgan fingerprint density at radius 2 is 2.20 bits per heavy atom. The Hall–Kier alpha value is -2.24. The Bertz CT molecular complexity index is 603. The number of nitrogens with zero attached hydrogens (tertiary/aromatic N) is 3. The van der Waals surface area contributed by atoms with Crippen molar-refractivity contribution in [2.75, 3.05) is 6.54 Å². The molecule has 0 aliphatic carbocycles. The van der Waals surface area contributed by atoms with Crippen molar-refractivity contribution in [2.45, 2.75) is 19.8 Å². The fourth-order valence-electron chi connectivity index (χ4n) is 2.04. The molecular formula is C14H17FN4O. The third kappa shape index (κ3) is 3.20. The van der Waals surface area contributed by atoms with Crippen molar-refractivity contribution < 1.29 is 9.18 Å². The van der Waals surface area contributed by atoms with Gasteiger partial charge in [-0.25, -0.2) is 4.39 Å². The van der Waals surface area contributed by atoms with Crippen molar-refractivity contribution in [1.29, 1.82) is 0 Å². The average Bonchev–Trinajstić information content (AvgIpc) is 2.80. The highest BCUT2D eigenvalue weighted by atomic mass is 19.1. The summed E-state index contributed by atoms with van der Waals surface area (Å²) in [7, 11) is 1.85. The molecule has 0 spiro atoms. The molecule has 2 aromatic rings. The van der Waals surface area contributed by atoms with Crippen LogP contribution in [-0.4, -0.2) is 27.2 Å². The van der Waals surface area contributed by atoms with Gasteiger partial charge in [0.25, 0.3) is 5.91 Å². The first-order chi connectivity index (χ1) is 9.47. The highest BCUT2D eigenvalue weighted by molar-refractivity contribution is 5.94. The maximum Gasteiger partial charge on any atom is 0.251 e. The van der Waals surface area contributed by atoms with Crippen LogP contribution >= 0.6 is 0 Å². The number of rotatable bonds is 4. The second-order valence-electron chi connectivity index (χ2n) is 4.93. The van der Waals surface area contributed by atoms with Gasteiger partial charge in [0.05, 0.1) is 0 Å².